The third kappa shape index (κ3) is 6.36. The third-order valence-corrected chi connectivity index (χ3v) is 5.71. The Morgan fingerprint density at radius 3 is 2.61 bits per heavy atom. The molecule has 204 valence electrons. The average Bonchev–Trinajstić information content (AvgIpc) is 3.57. The van der Waals surface area contributed by atoms with E-state index in [-0.39, 0.29) is 24.0 Å². The number of imidazole rings is 1. The lowest BCUT2D eigenvalue weighted by Gasteiger charge is -2.22. The summed E-state index contributed by atoms with van der Waals surface area (Å²) in [7, 11) is 0. The van der Waals surface area contributed by atoms with E-state index in [2.05, 4.69) is 15.4 Å². The lowest BCUT2D eigenvalue weighted by Crippen LogP contribution is -2.29. The number of aryl methyl sites for hydroxylation is 1. The van der Waals surface area contributed by atoms with E-state index in [1.54, 1.807) is 25.1 Å². The largest absolute Gasteiger partial charge is 0.390 e. The first-order valence-electron chi connectivity index (χ1n) is 11.5. The highest BCUT2D eigenvalue weighted by Crippen LogP contribution is 2.28. The van der Waals surface area contributed by atoms with E-state index in [4.69, 9.17) is 9.94 Å². The van der Waals surface area contributed by atoms with Gasteiger partial charge in [-0.2, -0.15) is 27.0 Å². The van der Waals surface area contributed by atoms with Crippen LogP contribution in [0.3, 0.4) is 0 Å². The second-order valence-electron chi connectivity index (χ2n) is 8.78. The minimum absolute atomic E-state index is 0.0813. The summed E-state index contributed by atoms with van der Waals surface area (Å²) >= 11 is 0. The van der Waals surface area contributed by atoms with Gasteiger partial charge in [-0.05, 0) is 49.6 Å². The van der Waals surface area contributed by atoms with Crippen LogP contribution in [0.1, 0.15) is 35.2 Å². The Balaban J connectivity index is 1.65. The maximum absolute atomic E-state index is 13.7. The Hall–Kier alpha value is -3.81. The van der Waals surface area contributed by atoms with E-state index >= 15 is 0 Å². The Bertz CT molecular complexity index is 1350. The number of alkyl halides is 5. The normalized spacial score (nSPS) is 14.6. The maximum atomic E-state index is 13.7. The predicted molar refractivity (Wildman–Crippen MR) is 124 cm³/mol. The highest BCUT2D eigenvalue weighted by Gasteiger charge is 2.35. The van der Waals surface area contributed by atoms with Gasteiger partial charge in [0, 0.05) is 17.2 Å². The summed E-state index contributed by atoms with van der Waals surface area (Å²) in [6.45, 7) is -1.00. The highest BCUT2D eigenvalue weighted by atomic mass is 19.4. The first-order valence-corrected chi connectivity index (χ1v) is 11.5. The van der Waals surface area contributed by atoms with Crippen molar-refractivity contribution in [1.29, 1.82) is 0 Å². The molecule has 8 nitrogen and oxygen atoms in total. The number of hydrogen-bond acceptors (Lipinski definition) is 6. The van der Waals surface area contributed by atoms with Gasteiger partial charge in [-0.3, -0.25) is 4.79 Å². The van der Waals surface area contributed by atoms with Gasteiger partial charge in [0.2, 0.25) is 5.83 Å². The van der Waals surface area contributed by atoms with Crippen molar-refractivity contribution in [3.8, 4) is 11.3 Å². The zero-order valence-corrected chi connectivity index (χ0v) is 20.0. The summed E-state index contributed by atoms with van der Waals surface area (Å²) in [4.78, 5) is 21.5. The molecule has 2 N–H and O–H groups in total. The summed E-state index contributed by atoms with van der Waals surface area (Å²) in [5.74, 6) is -6.90. The van der Waals surface area contributed by atoms with Crippen molar-refractivity contribution in [2.75, 3.05) is 18.2 Å². The zero-order chi connectivity index (χ0) is 27.7. The van der Waals surface area contributed by atoms with Crippen LogP contribution in [0.15, 0.2) is 48.6 Å². The van der Waals surface area contributed by atoms with Gasteiger partial charge in [0.15, 0.2) is 17.7 Å². The molecule has 0 atom stereocenters. The summed E-state index contributed by atoms with van der Waals surface area (Å²) in [5, 5.41) is 16.2. The van der Waals surface area contributed by atoms with E-state index in [0.29, 0.717) is 33.1 Å². The van der Waals surface area contributed by atoms with Gasteiger partial charge < -0.3 is 15.3 Å². The molecule has 14 heteroatoms. The third-order valence-electron chi connectivity index (χ3n) is 5.71. The fourth-order valence-corrected chi connectivity index (χ4v) is 3.48. The van der Waals surface area contributed by atoms with Crippen molar-refractivity contribution in [1.82, 2.24) is 19.9 Å². The highest BCUT2D eigenvalue weighted by molar-refractivity contribution is 5.96. The smallest absolute Gasteiger partial charge is 0.390 e. The van der Waals surface area contributed by atoms with Gasteiger partial charge in [0.25, 0.3) is 5.91 Å². The van der Waals surface area contributed by atoms with Crippen LogP contribution in [0.4, 0.5) is 32.2 Å². The van der Waals surface area contributed by atoms with Gasteiger partial charge in [0.05, 0.1) is 24.9 Å². The number of nitrogens with zero attached hydrogens (tertiary/aromatic N) is 4. The lowest BCUT2D eigenvalue weighted by atomic mass is 10.0. The van der Waals surface area contributed by atoms with Crippen LogP contribution in [-0.2, 0) is 4.84 Å². The van der Waals surface area contributed by atoms with Crippen molar-refractivity contribution in [2.45, 2.75) is 44.3 Å². The Kier molecular flexibility index (Phi) is 7.54. The van der Waals surface area contributed by atoms with Crippen LogP contribution >= 0.6 is 0 Å². The van der Waals surface area contributed by atoms with Crippen LogP contribution in [0.25, 0.3) is 16.9 Å². The van der Waals surface area contributed by atoms with Crippen molar-refractivity contribution >= 4 is 17.4 Å². The number of hydroxylamine groups is 1. The molecule has 0 bridgehead atoms. The summed E-state index contributed by atoms with van der Waals surface area (Å²) in [6.07, 6.45) is -2.79. The molecule has 3 aromatic rings. The minimum atomic E-state index is -4.63. The Morgan fingerprint density at radius 1 is 1.24 bits per heavy atom. The van der Waals surface area contributed by atoms with Gasteiger partial charge >= 0.3 is 12.1 Å². The van der Waals surface area contributed by atoms with Crippen molar-refractivity contribution in [3.63, 3.8) is 0 Å². The number of aliphatic hydroxyl groups is 1. The molecule has 1 aromatic carbocycles. The van der Waals surface area contributed by atoms with E-state index in [1.165, 1.54) is 22.8 Å². The molecule has 0 aliphatic heterocycles. The number of benzene rings is 1. The zero-order valence-electron chi connectivity index (χ0n) is 20.0. The molecule has 0 unspecified atom stereocenters. The first kappa shape index (κ1) is 27.2. The second-order valence-corrected chi connectivity index (χ2v) is 8.78. The monoisotopic (exact) mass is 543 g/mol. The number of anilines is 1. The van der Waals surface area contributed by atoms with Crippen molar-refractivity contribution < 1.29 is 41.1 Å². The maximum Gasteiger partial charge on any atom is 0.390 e. The molecule has 0 saturated heterocycles. The molecular formula is C24H23F6N5O3. The fraction of sp³-hybridized carbons (Fsp3) is 0.375. The molecule has 0 spiro atoms. The number of nitrogens with one attached hydrogen (secondary N) is 1. The minimum Gasteiger partial charge on any atom is -0.390 e. The number of carbonyl (C=O) groups excluding carboxylic acids is 1. The number of aromatic nitrogens is 3. The molecule has 1 aliphatic carbocycles. The second kappa shape index (κ2) is 10.5. The Labute approximate surface area is 212 Å². The van der Waals surface area contributed by atoms with Gasteiger partial charge in [-0.25, -0.2) is 13.9 Å². The first-order chi connectivity index (χ1) is 17.9. The quantitative estimate of drug-likeness (QED) is 0.218. The number of hydrogen-bond donors (Lipinski definition) is 2. The van der Waals surface area contributed by atoms with Crippen molar-refractivity contribution in [3.05, 3.63) is 59.7 Å². The number of rotatable bonds is 10. The van der Waals surface area contributed by atoms with E-state index in [9.17, 15) is 31.1 Å². The summed E-state index contributed by atoms with van der Waals surface area (Å²) < 4.78 is 80.3. The fourth-order valence-electron chi connectivity index (χ4n) is 3.48. The van der Waals surface area contributed by atoms with Gasteiger partial charge in [-0.1, -0.05) is 6.07 Å². The Morgan fingerprint density at radius 2 is 1.97 bits per heavy atom. The number of aliphatic hydroxyl groups excluding tert-OH is 1. The summed E-state index contributed by atoms with van der Waals surface area (Å²) in [6, 6.07) is 7.85. The van der Waals surface area contributed by atoms with Gasteiger partial charge in [-0.15, -0.1) is 5.10 Å². The lowest BCUT2D eigenvalue weighted by molar-refractivity contribution is -0.134. The molecule has 1 fully saturated rings. The average molecular weight is 543 g/mol. The SMILES string of the molecule is Cc1cc(-c2cnc3ccc(N(CCC(F)(F)F)O/C=C(\F)C(F)(F)CO)nn23)ccc1C(=O)NC1CC1. The summed E-state index contributed by atoms with van der Waals surface area (Å²) in [5.41, 5.74) is 2.49. The van der Waals surface area contributed by atoms with Gasteiger partial charge in [0.1, 0.15) is 6.61 Å². The molecule has 0 radical (unpaired) electrons. The number of amides is 1. The van der Waals surface area contributed by atoms with Crippen LogP contribution in [0.5, 0.6) is 0 Å². The molecule has 1 saturated carbocycles. The molecule has 2 aromatic heterocycles. The number of fused-ring (bicyclic) bond motifs is 1. The van der Waals surface area contributed by atoms with E-state index < -0.39 is 37.5 Å². The number of carbonyl (C=O) groups is 1. The van der Waals surface area contributed by atoms with E-state index in [0.717, 1.165) is 12.8 Å². The van der Waals surface area contributed by atoms with Crippen molar-refractivity contribution in [2.24, 2.45) is 0 Å². The topological polar surface area (TPSA) is 92.0 Å². The van der Waals surface area contributed by atoms with Crippen LogP contribution in [0, 0.1) is 6.92 Å². The molecule has 38 heavy (non-hydrogen) atoms. The molecule has 1 aliphatic rings. The van der Waals surface area contributed by atoms with E-state index in [1.807, 2.05) is 0 Å². The van der Waals surface area contributed by atoms with Crippen LogP contribution in [0.2, 0.25) is 0 Å². The van der Waals surface area contributed by atoms with Crippen LogP contribution < -0.4 is 10.4 Å². The molecular weight excluding hydrogens is 520 g/mol. The molecule has 4 rings (SSSR count). The standard InChI is InChI=1S/C24H23F6N5O3/c1-14-10-15(2-5-17(14)22(37)32-16-3-4-16)18-11-31-20-6-7-21(33-35(18)20)34(9-8-24(28,29)30)38-12-19(25)23(26,27)13-36/h2,5-7,10-12,16,36H,3-4,8-9,13H2,1H3,(H,32,37)/b19-12-. The predicted octanol–water partition coefficient (Wildman–Crippen LogP) is 4.73. The van der Waals surface area contributed by atoms with Crippen LogP contribution in [-0.4, -0.2) is 56.9 Å². The number of halogens is 6. The molecule has 2 heterocycles. The molecule has 1 amide bonds.